The van der Waals surface area contributed by atoms with Crippen molar-refractivity contribution in [2.24, 2.45) is 5.73 Å². The number of aryl methyl sites for hydroxylation is 1. The topological polar surface area (TPSA) is 44.5 Å². The van der Waals surface area contributed by atoms with Gasteiger partial charge in [0.1, 0.15) is 0 Å². The summed E-state index contributed by atoms with van der Waals surface area (Å²) in [5.41, 5.74) is 6.01. The molecule has 0 aliphatic carbocycles. The normalized spacial score (nSPS) is 19.5. The van der Waals surface area contributed by atoms with Gasteiger partial charge in [0.25, 0.3) is 0 Å². The van der Waals surface area contributed by atoms with Crippen LogP contribution in [0.25, 0.3) is 0 Å². The third kappa shape index (κ3) is 3.57. The third-order valence-electron chi connectivity index (χ3n) is 2.53. The van der Waals surface area contributed by atoms with Gasteiger partial charge in [-0.05, 0) is 24.3 Å². The van der Waals surface area contributed by atoms with E-state index in [4.69, 9.17) is 15.2 Å². The van der Waals surface area contributed by atoms with Crippen LogP contribution in [0.3, 0.4) is 0 Å². The summed E-state index contributed by atoms with van der Waals surface area (Å²) in [6.45, 7) is 1.42. The molecule has 1 atom stereocenters. The lowest BCUT2D eigenvalue weighted by Crippen LogP contribution is -2.27. The van der Waals surface area contributed by atoms with E-state index in [1.807, 2.05) is 0 Å². The summed E-state index contributed by atoms with van der Waals surface area (Å²) in [5, 5.41) is 2.10. The molecule has 4 heteroatoms. The zero-order valence-electron chi connectivity index (χ0n) is 8.72. The van der Waals surface area contributed by atoms with Crippen LogP contribution < -0.4 is 5.73 Å². The Hall–Kier alpha value is -0.420. The molecule has 1 aromatic heterocycles. The number of nitrogens with two attached hydrogens (primary N) is 1. The van der Waals surface area contributed by atoms with Crippen LogP contribution >= 0.6 is 11.3 Å². The second-order valence-electron chi connectivity index (χ2n) is 3.78. The molecule has 2 rings (SSSR count). The molecule has 2 heterocycles. The fourth-order valence-corrected chi connectivity index (χ4v) is 2.42. The Labute approximate surface area is 94.2 Å². The molecule has 1 unspecified atom stereocenters. The number of rotatable bonds is 5. The van der Waals surface area contributed by atoms with E-state index >= 15 is 0 Å². The standard InChI is InChI=1S/C11H17NO2S/c12-9(8-11-13-5-6-14-11)3-4-10-2-1-7-15-10/h1-2,7,9,11H,3-6,8,12H2. The average Bonchev–Trinajstić information content (AvgIpc) is 2.86. The summed E-state index contributed by atoms with van der Waals surface area (Å²) in [4.78, 5) is 1.40. The summed E-state index contributed by atoms with van der Waals surface area (Å²) in [5.74, 6) is 0. The minimum absolute atomic E-state index is 0.0664. The highest BCUT2D eigenvalue weighted by molar-refractivity contribution is 7.09. The van der Waals surface area contributed by atoms with Crippen LogP contribution in [0.4, 0.5) is 0 Å². The lowest BCUT2D eigenvalue weighted by molar-refractivity contribution is -0.0508. The molecular weight excluding hydrogens is 210 g/mol. The molecule has 1 saturated heterocycles. The van der Waals surface area contributed by atoms with Crippen LogP contribution in [0.2, 0.25) is 0 Å². The molecule has 1 aromatic rings. The Morgan fingerprint density at radius 2 is 2.27 bits per heavy atom. The summed E-state index contributed by atoms with van der Waals surface area (Å²) in [7, 11) is 0. The van der Waals surface area contributed by atoms with Gasteiger partial charge in [0, 0.05) is 17.3 Å². The summed E-state index contributed by atoms with van der Waals surface area (Å²) < 4.78 is 10.7. The third-order valence-corrected chi connectivity index (χ3v) is 3.46. The first-order valence-corrected chi connectivity index (χ1v) is 6.24. The minimum atomic E-state index is -0.0664. The van der Waals surface area contributed by atoms with Gasteiger partial charge in [-0.3, -0.25) is 0 Å². The Morgan fingerprint density at radius 3 is 2.93 bits per heavy atom. The van der Waals surface area contributed by atoms with Crippen molar-refractivity contribution in [2.75, 3.05) is 13.2 Å². The van der Waals surface area contributed by atoms with Crippen LogP contribution in [-0.2, 0) is 15.9 Å². The first kappa shape index (κ1) is 11.1. The predicted octanol–water partition coefficient (Wildman–Crippen LogP) is 1.77. The summed E-state index contributed by atoms with van der Waals surface area (Å²) in [6, 6.07) is 4.41. The first-order chi connectivity index (χ1) is 7.34. The fourth-order valence-electron chi connectivity index (χ4n) is 1.69. The van der Waals surface area contributed by atoms with Crippen LogP contribution in [0, 0.1) is 0 Å². The largest absolute Gasteiger partial charge is 0.350 e. The molecule has 1 fully saturated rings. The van der Waals surface area contributed by atoms with E-state index in [0.717, 1.165) is 19.3 Å². The van der Waals surface area contributed by atoms with Crippen molar-refractivity contribution >= 4 is 11.3 Å². The van der Waals surface area contributed by atoms with E-state index < -0.39 is 0 Å². The zero-order valence-corrected chi connectivity index (χ0v) is 9.54. The molecule has 3 nitrogen and oxygen atoms in total. The van der Waals surface area contributed by atoms with Gasteiger partial charge in [0.05, 0.1) is 13.2 Å². The number of hydrogen-bond donors (Lipinski definition) is 1. The molecule has 1 aliphatic heterocycles. The molecule has 0 saturated carbocycles. The molecule has 84 valence electrons. The summed E-state index contributed by atoms with van der Waals surface area (Å²) in [6.07, 6.45) is 2.81. The Kier molecular flexibility index (Phi) is 4.14. The second-order valence-corrected chi connectivity index (χ2v) is 4.82. The SMILES string of the molecule is NC(CCc1cccs1)CC1OCCO1. The maximum Gasteiger partial charge on any atom is 0.159 e. The van der Waals surface area contributed by atoms with Crippen molar-refractivity contribution in [3.05, 3.63) is 22.4 Å². The highest BCUT2D eigenvalue weighted by Crippen LogP contribution is 2.15. The lowest BCUT2D eigenvalue weighted by Gasteiger charge is -2.14. The van der Waals surface area contributed by atoms with E-state index in [2.05, 4.69) is 17.5 Å². The first-order valence-electron chi connectivity index (χ1n) is 5.36. The van der Waals surface area contributed by atoms with Crippen molar-refractivity contribution in [1.29, 1.82) is 0 Å². The Balaban J connectivity index is 1.66. The highest BCUT2D eigenvalue weighted by atomic mass is 32.1. The van der Waals surface area contributed by atoms with E-state index in [-0.39, 0.29) is 12.3 Å². The molecule has 0 radical (unpaired) electrons. The van der Waals surface area contributed by atoms with Crippen molar-refractivity contribution in [3.8, 4) is 0 Å². The average molecular weight is 227 g/mol. The second kappa shape index (κ2) is 5.61. The van der Waals surface area contributed by atoms with Crippen molar-refractivity contribution < 1.29 is 9.47 Å². The van der Waals surface area contributed by atoms with Gasteiger partial charge in [0.15, 0.2) is 6.29 Å². The van der Waals surface area contributed by atoms with Gasteiger partial charge in [-0.2, -0.15) is 0 Å². The van der Waals surface area contributed by atoms with Gasteiger partial charge >= 0.3 is 0 Å². The van der Waals surface area contributed by atoms with Gasteiger partial charge in [-0.25, -0.2) is 0 Å². The van der Waals surface area contributed by atoms with Gasteiger partial charge < -0.3 is 15.2 Å². The molecule has 0 aromatic carbocycles. The molecular formula is C11H17NO2S. The van der Waals surface area contributed by atoms with Crippen LogP contribution in [0.15, 0.2) is 17.5 Å². The number of ether oxygens (including phenoxy) is 2. The Bertz CT molecular complexity index is 270. The summed E-state index contributed by atoms with van der Waals surface area (Å²) >= 11 is 1.79. The molecule has 0 spiro atoms. The molecule has 2 N–H and O–H groups in total. The van der Waals surface area contributed by atoms with Crippen LogP contribution in [-0.4, -0.2) is 25.5 Å². The van der Waals surface area contributed by atoms with E-state index in [1.165, 1.54) is 4.88 Å². The molecule has 15 heavy (non-hydrogen) atoms. The lowest BCUT2D eigenvalue weighted by atomic mass is 10.1. The van der Waals surface area contributed by atoms with Gasteiger partial charge in [-0.1, -0.05) is 6.07 Å². The van der Waals surface area contributed by atoms with Gasteiger partial charge in [-0.15, -0.1) is 11.3 Å². The molecule has 0 amide bonds. The van der Waals surface area contributed by atoms with E-state index in [1.54, 1.807) is 11.3 Å². The monoisotopic (exact) mass is 227 g/mol. The van der Waals surface area contributed by atoms with Crippen molar-refractivity contribution in [1.82, 2.24) is 0 Å². The molecule has 0 bridgehead atoms. The van der Waals surface area contributed by atoms with E-state index in [0.29, 0.717) is 13.2 Å². The smallest absolute Gasteiger partial charge is 0.159 e. The quantitative estimate of drug-likeness (QED) is 0.833. The number of hydrogen-bond acceptors (Lipinski definition) is 4. The number of thiophene rings is 1. The highest BCUT2D eigenvalue weighted by Gasteiger charge is 2.18. The molecule has 1 aliphatic rings. The Morgan fingerprint density at radius 1 is 1.47 bits per heavy atom. The van der Waals surface area contributed by atoms with Gasteiger partial charge in [0.2, 0.25) is 0 Å². The van der Waals surface area contributed by atoms with Crippen molar-refractivity contribution in [2.45, 2.75) is 31.6 Å². The fraction of sp³-hybridized carbons (Fsp3) is 0.636. The van der Waals surface area contributed by atoms with E-state index in [9.17, 15) is 0 Å². The predicted molar refractivity (Wildman–Crippen MR) is 60.9 cm³/mol. The maximum atomic E-state index is 6.01. The zero-order chi connectivity index (χ0) is 10.5. The van der Waals surface area contributed by atoms with Crippen LogP contribution in [0.1, 0.15) is 17.7 Å². The van der Waals surface area contributed by atoms with Crippen molar-refractivity contribution in [3.63, 3.8) is 0 Å². The minimum Gasteiger partial charge on any atom is -0.350 e. The maximum absolute atomic E-state index is 6.01. The van der Waals surface area contributed by atoms with Crippen LogP contribution in [0.5, 0.6) is 0 Å².